The Morgan fingerprint density at radius 3 is 2.70 bits per heavy atom. The number of nitrogens with zero attached hydrogens (tertiary/aromatic N) is 2. The SMILES string of the molecule is CC=Cc1ccc(OCCCCSc2ncccn2)c(OC)c1. The minimum Gasteiger partial charge on any atom is -0.493 e. The Bertz CT molecular complexity index is 618. The number of ether oxygens (including phenoxy) is 2. The molecule has 0 saturated carbocycles. The van der Waals surface area contributed by atoms with Gasteiger partial charge >= 0.3 is 0 Å². The average molecular weight is 330 g/mol. The van der Waals surface area contributed by atoms with Gasteiger partial charge in [0.1, 0.15) is 0 Å². The average Bonchev–Trinajstić information content (AvgIpc) is 2.60. The Kier molecular flexibility index (Phi) is 7.46. The van der Waals surface area contributed by atoms with Gasteiger partial charge in [0.25, 0.3) is 0 Å². The lowest BCUT2D eigenvalue weighted by Crippen LogP contribution is -2.00. The van der Waals surface area contributed by atoms with Crippen LogP contribution < -0.4 is 9.47 Å². The quantitative estimate of drug-likeness (QED) is 0.385. The van der Waals surface area contributed by atoms with Crippen LogP contribution in [0.4, 0.5) is 0 Å². The molecule has 0 amide bonds. The summed E-state index contributed by atoms with van der Waals surface area (Å²) in [4.78, 5) is 8.38. The number of hydrogen-bond donors (Lipinski definition) is 0. The van der Waals surface area contributed by atoms with Crippen molar-refractivity contribution in [3.05, 3.63) is 48.3 Å². The zero-order valence-electron chi connectivity index (χ0n) is 13.6. The van der Waals surface area contributed by atoms with E-state index in [0.29, 0.717) is 6.61 Å². The molecule has 1 aromatic heterocycles. The van der Waals surface area contributed by atoms with Crippen molar-refractivity contribution in [2.45, 2.75) is 24.9 Å². The largest absolute Gasteiger partial charge is 0.493 e. The molecule has 0 aliphatic carbocycles. The van der Waals surface area contributed by atoms with E-state index in [9.17, 15) is 0 Å². The molecule has 2 aromatic rings. The van der Waals surface area contributed by atoms with Crippen LogP contribution in [0.3, 0.4) is 0 Å². The van der Waals surface area contributed by atoms with Crippen molar-refractivity contribution in [3.8, 4) is 11.5 Å². The first-order valence-corrected chi connectivity index (χ1v) is 8.65. The molecule has 0 spiro atoms. The third-order valence-electron chi connectivity index (χ3n) is 3.12. The smallest absolute Gasteiger partial charge is 0.187 e. The predicted molar refractivity (Wildman–Crippen MR) is 95.2 cm³/mol. The summed E-state index contributed by atoms with van der Waals surface area (Å²) in [5, 5.41) is 0.828. The van der Waals surface area contributed by atoms with E-state index in [2.05, 4.69) is 9.97 Å². The van der Waals surface area contributed by atoms with Crippen LogP contribution in [0.2, 0.25) is 0 Å². The Balaban J connectivity index is 1.71. The highest BCUT2D eigenvalue weighted by Gasteiger charge is 2.04. The number of aromatic nitrogens is 2. The van der Waals surface area contributed by atoms with E-state index in [1.807, 2.05) is 43.3 Å². The molecular weight excluding hydrogens is 308 g/mol. The molecule has 0 atom stereocenters. The summed E-state index contributed by atoms with van der Waals surface area (Å²) < 4.78 is 11.2. The van der Waals surface area contributed by atoms with Crippen molar-refractivity contribution >= 4 is 17.8 Å². The number of hydrogen-bond acceptors (Lipinski definition) is 5. The lowest BCUT2D eigenvalue weighted by molar-refractivity contribution is 0.288. The minimum atomic E-state index is 0.676. The van der Waals surface area contributed by atoms with Crippen LogP contribution in [0, 0.1) is 0 Å². The maximum Gasteiger partial charge on any atom is 0.187 e. The van der Waals surface area contributed by atoms with Gasteiger partial charge in [0, 0.05) is 18.1 Å². The van der Waals surface area contributed by atoms with Crippen LogP contribution in [0.1, 0.15) is 25.3 Å². The van der Waals surface area contributed by atoms with E-state index in [1.54, 1.807) is 31.3 Å². The van der Waals surface area contributed by atoms with Gasteiger partial charge in [0.05, 0.1) is 13.7 Å². The van der Waals surface area contributed by atoms with Gasteiger partial charge in [-0.2, -0.15) is 0 Å². The molecule has 0 aliphatic heterocycles. The topological polar surface area (TPSA) is 44.2 Å². The van der Waals surface area contributed by atoms with Crippen molar-refractivity contribution in [1.29, 1.82) is 0 Å². The number of unbranched alkanes of at least 4 members (excludes halogenated alkanes) is 1. The van der Waals surface area contributed by atoms with Crippen LogP contribution in [0.15, 0.2) is 47.9 Å². The normalized spacial score (nSPS) is 10.9. The molecule has 5 heteroatoms. The van der Waals surface area contributed by atoms with Crippen LogP contribution in [0.25, 0.3) is 6.08 Å². The standard InChI is InChI=1S/C18H22N2O2S/c1-3-7-15-8-9-16(17(14-15)21-2)22-12-4-5-13-23-18-19-10-6-11-20-18/h3,6-11,14H,4-5,12-13H2,1-2H3. The van der Waals surface area contributed by atoms with Crippen molar-refractivity contribution < 1.29 is 9.47 Å². The molecule has 0 radical (unpaired) electrons. The molecule has 0 N–H and O–H groups in total. The summed E-state index contributed by atoms with van der Waals surface area (Å²) in [6.07, 6.45) is 9.62. The number of thioether (sulfide) groups is 1. The first-order valence-electron chi connectivity index (χ1n) is 7.67. The van der Waals surface area contributed by atoms with E-state index in [1.165, 1.54) is 0 Å². The summed E-state index contributed by atoms with van der Waals surface area (Å²) in [6, 6.07) is 7.80. The maximum absolute atomic E-state index is 5.82. The van der Waals surface area contributed by atoms with Crippen molar-refractivity contribution in [2.75, 3.05) is 19.5 Å². The Morgan fingerprint density at radius 2 is 1.96 bits per heavy atom. The van der Waals surface area contributed by atoms with Gasteiger partial charge < -0.3 is 9.47 Å². The first kappa shape index (κ1) is 17.3. The Morgan fingerprint density at radius 1 is 1.13 bits per heavy atom. The highest BCUT2D eigenvalue weighted by atomic mass is 32.2. The second-order valence-electron chi connectivity index (χ2n) is 4.85. The number of benzene rings is 1. The third-order valence-corrected chi connectivity index (χ3v) is 4.08. The molecule has 2 rings (SSSR count). The highest BCUT2D eigenvalue weighted by Crippen LogP contribution is 2.28. The van der Waals surface area contributed by atoms with Crippen molar-refractivity contribution in [3.63, 3.8) is 0 Å². The maximum atomic E-state index is 5.82. The van der Waals surface area contributed by atoms with Gasteiger partial charge in [-0.1, -0.05) is 30.0 Å². The van der Waals surface area contributed by atoms with Gasteiger partial charge in [0.15, 0.2) is 16.7 Å². The molecule has 122 valence electrons. The first-order chi connectivity index (χ1) is 11.3. The lowest BCUT2D eigenvalue weighted by Gasteiger charge is -2.11. The van der Waals surface area contributed by atoms with Gasteiger partial charge in [-0.05, 0) is 43.5 Å². The van der Waals surface area contributed by atoms with E-state index >= 15 is 0 Å². The summed E-state index contributed by atoms with van der Waals surface area (Å²) in [5.41, 5.74) is 1.11. The third kappa shape index (κ3) is 5.94. The molecular formula is C18H22N2O2S. The fraction of sp³-hybridized carbons (Fsp3) is 0.333. The molecule has 23 heavy (non-hydrogen) atoms. The van der Waals surface area contributed by atoms with Gasteiger partial charge in [0.2, 0.25) is 0 Å². The Labute approximate surface area is 142 Å². The van der Waals surface area contributed by atoms with E-state index < -0.39 is 0 Å². The summed E-state index contributed by atoms with van der Waals surface area (Å²) in [6.45, 7) is 2.67. The van der Waals surface area contributed by atoms with Crippen molar-refractivity contribution in [1.82, 2.24) is 9.97 Å². The number of allylic oxidation sites excluding steroid dienone is 1. The Hall–Kier alpha value is -2.01. The van der Waals surface area contributed by atoms with Gasteiger partial charge in [-0.15, -0.1) is 0 Å². The van der Waals surface area contributed by atoms with Crippen LogP contribution in [-0.2, 0) is 0 Å². The predicted octanol–water partition coefficient (Wildman–Crippen LogP) is 4.47. The molecule has 0 unspecified atom stereocenters. The van der Waals surface area contributed by atoms with Crippen molar-refractivity contribution in [2.24, 2.45) is 0 Å². The van der Waals surface area contributed by atoms with Crippen LogP contribution >= 0.6 is 11.8 Å². The summed E-state index contributed by atoms with van der Waals surface area (Å²) >= 11 is 1.67. The van der Waals surface area contributed by atoms with Gasteiger partial charge in [-0.3, -0.25) is 0 Å². The fourth-order valence-electron chi connectivity index (χ4n) is 2.01. The molecule has 4 nitrogen and oxygen atoms in total. The fourth-order valence-corrected chi connectivity index (χ4v) is 2.81. The number of methoxy groups -OCH3 is 1. The monoisotopic (exact) mass is 330 g/mol. The zero-order valence-corrected chi connectivity index (χ0v) is 14.4. The second kappa shape index (κ2) is 9.90. The van der Waals surface area contributed by atoms with Gasteiger partial charge in [-0.25, -0.2) is 9.97 Å². The molecule has 1 heterocycles. The highest BCUT2D eigenvalue weighted by molar-refractivity contribution is 7.99. The zero-order chi connectivity index (χ0) is 16.3. The number of rotatable bonds is 9. The van der Waals surface area contributed by atoms with E-state index in [-0.39, 0.29) is 0 Å². The van der Waals surface area contributed by atoms with Crippen LogP contribution in [0.5, 0.6) is 11.5 Å². The molecule has 0 bridgehead atoms. The van der Waals surface area contributed by atoms with E-state index in [4.69, 9.17) is 9.47 Å². The molecule has 1 aromatic carbocycles. The molecule has 0 aliphatic rings. The minimum absolute atomic E-state index is 0.676. The molecule has 0 fully saturated rings. The molecule has 0 saturated heterocycles. The summed E-state index contributed by atoms with van der Waals surface area (Å²) in [7, 11) is 1.66. The second-order valence-corrected chi connectivity index (χ2v) is 5.91. The summed E-state index contributed by atoms with van der Waals surface area (Å²) in [5.74, 6) is 2.55. The van der Waals surface area contributed by atoms with Crippen LogP contribution in [-0.4, -0.2) is 29.4 Å². The lowest BCUT2D eigenvalue weighted by atomic mass is 10.2. The van der Waals surface area contributed by atoms with E-state index in [0.717, 1.165) is 40.8 Å².